The normalized spacial score (nSPS) is 19.2. The number of thioether (sulfide) groups is 1. The number of hydrogen-bond acceptors (Lipinski definition) is 8. The number of rotatable bonds is 8. The number of nitrogens with one attached hydrogen (secondary N) is 1. The number of anilines is 1. The molecule has 2 aliphatic heterocycles. The molecule has 2 amide bonds. The average molecular weight is 559 g/mol. The molecular formula is C30H30N4O5S. The Labute approximate surface area is 236 Å². The minimum absolute atomic E-state index is 0.250. The highest BCUT2D eigenvalue weighted by Crippen LogP contribution is 2.36. The Balaban J connectivity index is 1.13. The van der Waals surface area contributed by atoms with Gasteiger partial charge in [-0.3, -0.25) is 14.9 Å². The molecule has 0 saturated carbocycles. The number of amides is 2. The van der Waals surface area contributed by atoms with Crippen molar-refractivity contribution in [1.82, 2.24) is 14.9 Å². The molecule has 0 radical (unpaired) electrons. The van der Waals surface area contributed by atoms with Gasteiger partial charge in [0, 0.05) is 26.2 Å². The molecule has 4 aromatic rings. The van der Waals surface area contributed by atoms with Gasteiger partial charge in [-0.15, -0.1) is 0 Å². The van der Waals surface area contributed by atoms with Gasteiger partial charge in [-0.25, -0.2) is 4.98 Å². The van der Waals surface area contributed by atoms with Crippen molar-refractivity contribution in [2.45, 2.75) is 24.7 Å². The third-order valence-electron chi connectivity index (χ3n) is 7.24. The lowest BCUT2D eigenvalue weighted by Crippen LogP contribution is -2.36. The zero-order chi connectivity index (χ0) is 27.7. The third kappa shape index (κ3) is 5.37. The topological polar surface area (TPSA) is 94.9 Å². The minimum Gasteiger partial charge on any atom is -0.486 e. The molecule has 3 heterocycles. The van der Waals surface area contributed by atoms with Gasteiger partial charge in [-0.2, -0.15) is 0 Å². The van der Waals surface area contributed by atoms with Gasteiger partial charge in [-0.05, 0) is 67.1 Å². The van der Waals surface area contributed by atoms with E-state index in [2.05, 4.69) is 16.3 Å². The van der Waals surface area contributed by atoms with Crippen LogP contribution < -0.4 is 19.7 Å². The number of aryl methyl sites for hydroxylation is 1. The first-order valence-corrected chi connectivity index (χ1v) is 14.0. The first-order valence-electron chi connectivity index (χ1n) is 13.2. The molecular weight excluding hydrogens is 528 g/mol. The number of nitrogens with zero attached hydrogens (tertiary/aromatic N) is 3. The van der Waals surface area contributed by atoms with Crippen LogP contribution in [0.4, 0.5) is 10.5 Å². The zero-order valence-corrected chi connectivity index (χ0v) is 23.2. The van der Waals surface area contributed by atoms with Gasteiger partial charge in [0.2, 0.25) is 5.91 Å². The van der Waals surface area contributed by atoms with E-state index in [4.69, 9.17) is 19.2 Å². The maximum atomic E-state index is 12.1. The van der Waals surface area contributed by atoms with E-state index in [0.29, 0.717) is 32.0 Å². The fourth-order valence-electron chi connectivity index (χ4n) is 5.01. The summed E-state index contributed by atoms with van der Waals surface area (Å²) in [6.07, 6.45) is 0.460. The number of aromatic nitrogens is 2. The second-order valence-electron chi connectivity index (χ2n) is 10.1. The predicted molar refractivity (Wildman–Crippen MR) is 154 cm³/mol. The minimum atomic E-state index is -0.792. The van der Waals surface area contributed by atoms with Gasteiger partial charge in [0.05, 0.1) is 29.9 Å². The van der Waals surface area contributed by atoms with Crippen molar-refractivity contribution in [3.05, 3.63) is 78.1 Å². The summed E-state index contributed by atoms with van der Waals surface area (Å²) in [6, 6.07) is 21.6. The van der Waals surface area contributed by atoms with Crippen molar-refractivity contribution in [2.24, 2.45) is 7.05 Å². The Kier molecular flexibility index (Phi) is 7.12. The Morgan fingerprint density at radius 1 is 1.02 bits per heavy atom. The summed E-state index contributed by atoms with van der Waals surface area (Å²) in [7, 11) is 1.97. The van der Waals surface area contributed by atoms with E-state index >= 15 is 0 Å². The Bertz CT molecular complexity index is 1560. The highest BCUT2D eigenvalue weighted by Gasteiger charge is 2.43. The van der Waals surface area contributed by atoms with Crippen LogP contribution in [-0.4, -0.2) is 51.7 Å². The molecule has 2 fully saturated rings. The van der Waals surface area contributed by atoms with E-state index in [1.54, 1.807) is 6.92 Å². The summed E-state index contributed by atoms with van der Waals surface area (Å²) in [4.78, 5) is 30.8. The standard InChI is InChI=1S/C30H30N4O5S/c1-30(28(35)32-29(36)40-30)18-20-7-9-21(10-8-20)38-19-27-31-23-12-11-22(17-25(23)33(27)2)39-26-6-4-3-5-24(26)34-13-15-37-16-14-34/h3-12,17H,13-16,18-19H2,1-2H3,(H,32,35,36)/t30-/m0/s1. The van der Waals surface area contributed by atoms with E-state index in [0.717, 1.165) is 64.5 Å². The fraction of sp³-hybridized carbons (Fsp3) is 0.300. The maximum Gasteiger partial charge on any atom is 0.286 e. The van der Waals surface area contributed by atoms with Crippen molar-refractivity contribution in [1.29, 1.82) is 0 Å². The number of ether oxygens (including phenoxy) is 3. The van der Waals surface area contributed by atoms with Crippen LogP contribution >= 0.6 is 11.8 Å². The van der Waals surface area contributed by atoms with Gasteiger partial charge < -0.3 is 23.7 Å². The molecule has 2 saturated heterocycles. The summed E-state index contributed by atoms with van der Waals surface area (Å²) in [5.41, 5.74) is 3.83. The molecule has 0 spiro atoms. The zero-order valence-electron chi connectivity index (χ0n) is 22.4. The van der Waals surface area contributed by atoms with Crippen LogP contribution in [0.5, 0.6) is 17.2 Å². The molecule has 2 aliphatic rings. The van der Waals surface area contributed by atoms with E-state index in [9.17, 15) is 9.59 Å². The van der Waals surface area contributed by atoms with E-state index in [1.165, 1.54) is 0 Å². The number of imidazole rings is 1. The number of carbonyl (C=O) groups is 2. The Hall–Kier alpha value is -4.02. The van der Waals surface area contributed by atoms with E-state index in [1.807, 2.05) is 72.3 Å². The predicted octanol–water partition coefficient (Wildman–Crippen LogP) is 5.07. The van der Waals surface area contributed by atoms with E-state index < -0.39 is 4.75 Å². The lowest BCUT2D eigenvalue weighted by molar-refractivity contribution is -0.121. The van der Waals surface area contributed by atoms with Crippen molar-refractivity contribution in [3.63, 3.8) is 0 Å². The summed E-state index contributed by atoms with van der Waals surface area (Å²) in [5.74, 6) is 2.79. The highest BCUT2D eigenvalue weighted by molar-refractivity contribution is 8.16. The van der Waals surface area contributed by atoms with Crippen LogP contribution in [0.15, 0.2) is 66.7 Å². The lowest BCUT2D eigenvalue weighted by Gasteiger charge is -2.30. The molecule has 0 unspecified atom stereocenters. The van der Waals surface area contributed by atoms with Crippen LogP contribution in [0.25, 0.3) is 11.0 Å². The Morgan fingerprint density at radius 2 is 1.77 bits per heavy atom. The number of morpholine rings is 1. The SMILES string of the molecule is Cn1c(COc2ccc(C[C@]3(C)SC(=O)NC3=O)cc2)nc2ccc(Oc3ccccc3N3CCOCC3)cc21. The Morgan fingerprint density at radius 3 is 2.52 bits per heavy atom. The van der Waals surface area contributed by atoms with E-state index in [-0.39, 0.29) is 11.1 Å². The third-order valence-corrected chi connectivity index (χ3v) is 8.30. The number of imide groups is 1. The quantitative estimate of drug-likeness (QED) is 0.321. The van der Waals surface area contributed by atoms with Crippen LogP contribution in [0, 0.1) is 0 Å². The lowest BCUT2D eigenvalue weighted by atomic mass is 9.99. The smallest absolute Gasteiger partial charge is 0.286 e. The molecule has 1 aromatic heterocycles. The first kappa shape index (κ1) is 26.2. The molecule has 1 atom stereocenters. The monoisotopic (exact) mass is 558 g/mol. The van der Waals surface area contributed by atoms with Crippen molar-refractivity contribution >= 4 is 39.6 Å². The van der Waals surface area contributed by atoms with Crippen LogP contribution in [0.1, 0.15) is 18.3 Å². The highest BCUT2D eigenvalue weighted by atomic mass is 32.2. The molecule has 206 valence electrons. The number of fused-ring (bicyclic) bond motifs is 1. The van der Waals surface area contributed by atoms with Gasteiger partial charge in [-0.1, -0.05) is 24.3 Å². The number of carbonyl (C=O) groups excluding carboxylic acids is 2. The molecule has 10 heteroatoms. The molecule has 0 aliphatic carbocycles. The van der Waals surface area contributed by atoms with Crippen LogP contribution in [0.3, 0.4) is 0 Å². The number of benzene rings is 3. The van der Waals surface area contributed by atoms with Gasteiger partial charge >= 0.3 is 0 Å². The van der Waals surface area contributed by atoms with Crippen LogP contribution in [0.2, 0.25) is 0 Å². The first-order chi connectivity index (χ1) is 19.4. The number of para-hydroxylation sites is 2. The molecule has 9 nitrogen and oxygen atoms in total. The fourth-order valence-corrected chi connectivity index (χ4v) is 5.94. The van der Waals surface area contributed by atoms with Gasteiger partial charge in [0.25, 0.3) is 5.24 Å². The van der Waals surface area contributed by atoms with Crippen LogP contribution in [-0.2, 0) is 29.6 Å². The molecule has 6 rings (SSSR count). The van der Waals surface area contributed by atoms with Gasteiger partial charge in [0.15, 0.2) is 5.75 Å². The average Bonchev–Trinajstić information content (AvgIpc) is 3.41. The molecule has 40 heavy (non-hydrogen) atoms. The van der Waals surface area contributed by atoms with Crippen molar-refractivity contribution in [2.75, 3.05) is 31.2 Å². The maximum absolute atomic E-state index is 12.1. The summed E-state index contributed by atoms with van der Waals surface area (Å²) in [5, 5.41) is 2.06. The molecule has 1 N–H and O–H groups in total. The van der Waals surface area contributed by atoms with Crippen molar-refractivity contribution < 1.29 is 23.8 Å². The summed E-state index contributed by atoms with van der Waals surface area (Å²) < 4.78 is 19.1. The largest absolute Gasteiger partial charge is 0.486 e. The van der Waals surface area contributed by atoms with Crippen molar-refractivity contribution in [3.8, 4) is 17.2 Å². The summed E-state index contributed by atoms with van der Waals surface area (Å²) >= 11 is 1.04. The summed E-state index contributed by atoms with van der Waals surface area (Å²) in [6.45, 7) is 5.18. The second kappa shape index (κ2) is 10.9. The molecule has 3 aromatic carbocycles. The second-order valence-corrected chi connectivity index (χ2v) is 11.6. The molecule has 0 bridgehead atoms. The van der Waals surface area contributed by atoms with Gasteiger partial charge in [0.1, 0.15) is 28.7 Å². The number of hydrogen-bond donors (Lipinski definition) is 1.